The first-order chi connectivity index (χ1) is 10.4. The third kappa shape index (κ3) is 2.61. The second-order valence-electron chi connectivity index (χ2n) is 5.85. The van der Waals surface area contributed by atoms with Crippen molar-refractivity contribution < 1.29 is 34.2 Å². The van der Waals surface area contributed by atoms with Gasteiger partial charge in [0.2, 0.25) is 0 Å². The van der Waals surface area contributed by atoms with Gasteiger partial charge in [-0.05, 0) is 48.8 Å². The van der Waals surface area contributed by atoms with Crippen LogP contribution in [-0.4, -0.2) is 28.6 Å². The lowest BCUT2D eigenvalue weighted by Crippen LogP contribution is -2.28. The summed E-state index contributed by atoms with van der Waals surface area (Å²) in [6.45, 7) is 0. The average molecular weight is 370 g/mol. The standard InChI is InChI=1S/C13H13F3O5S2/c1-22(17,18)10-5-4-9(21-23(19,20)13(14,15)16)11-7-2-3-8(6-7)12(10)11/h4-5,7-8H,2-3,6H2,1H3. The molecule has 1 fully saturated rings. The first-order valence-corrected chi connectivity index (χ1v) is 10.1. The molecular weight excluding hydrogens is 357 g/mol. The summed E-state index contributed by atoms with van der Waals surface area (Å²) in [5.41, 5.74) is -4.83. The van der Waals surface area contributed by atoms with Crippen molar-refractivity contribution in [3.63, 3.8) is 0 Å². The van der Waals surface area contributed by atoms with Gasteiger partial charge in [-0.15, -0.1) is 0 Å². The molecule has 0 spiro atoms. The Balaban J connectivity index is 2.16. The van der Waals surface area contributed by atoms with Crippen molar-refractivity contribution in [2.45, 2.75) is 41.5 Å². The van der Waals surface area contributed by atoms with Crippen LogP contribution in [-0.2, 0) is 20.0 Å². The van der Waals surface area contributed by atoms with Gasteiger partial charge in [-0.3, -0.25) is 0 Å². The second kappa shape index (κ2) is 4.85. The summed E-state index contributed by atoms with van der Waals surface area (Å²) < 4.78 is 88.1. The second-order valence-corrected chi connectivity index (χ2v) is 9.37. The zero-order valence-corrected chi connectivity index (χ0v) is 13.6. The highest BCUT2D eigenvalue weighted by molar-refractivity contribution is 7.90. The number of halogens is 3. The lowest BCUT2D eigenvalue weighted by Gasteiger charge is -2.21. The molecule has 128 valence electrons. The number of rotatable bonds is 3. The molecule has 0 amide bonds. The number of benzene rings is 1. The molecule has 0 saturated heterocycles. The summed E-state index contributed by atoms with van der Waals surface area (Å²) in [6.07, 6.45) is 3.02. The highest BCUT2D eigenvalue weighted by atomic mass is 32.2. The minimum absolute atomic E-state index is 0.0384. The van der Waals surface area contributed by atoms with Crippen LogP contribution in [0.25, 0.3) is 0 Å². The largest absolute Gasteiger partial charge is 0.534 e. The molecule has 1 saturated carbocycles. The Labute approximate surface area is 131 Å². The van der Waals surface area contributed by atoms with Crippen LogP contribution in [0.1, 0.15) is 42.2 Å². The maximum absolute atomic E-state index is 12.5. The Morgan fingerprint density at radius 1 is 1.04 bits per heavy atom. The highest BCUT2D eigenvalue weighted by Gasteiger charge is 2.50. The van der Waals surface area contributed by atoms with Gasteiger partial charge >= 0.3 is 15.6 Å². The maximum atomic E-state index is 12.5. The van der Waals surface area contributed by atoms with Gasteiger partial charge in [0, 0.05) is 11.8 Å². The maximum Gasteiger partial charge on any atom is 0.534 e. The summed E-state index contributed by atoms with van der Waals surface area (Å²) in [6, 6.07) is 2.12. The van der Waals surface area contributed by atoms with Crippen molar-refractivity contribution in [3.8, 4) is 5.75 Å². The van der Waals surface area contributed by atoms with Crippen LogP contribution < -0.4 is 4.18 Å². The molecular formula is C13H13F3O5S2. The van der Waals surface area contributed by atoms with Crippen molar-refractivity contribution in [2.75, 3.05) is 6.26 Å². The topological polar surface area (TPSA) is 77.5 Å². The van der Waals surface area contributed by atoms with E-state index in [2.05, 4.69) is 4.18 Å². The summed E-state index contributed by atoms with van der Waals surface area (Å²) in [5.74, 6) is -0.677. The van der Waals surface area contributed by atoms with Crippen molar-refractivity contribution in [1.82, 2.24) is 0 Å². The first-order valence-electron chi connectivity index (χ1n) is 6.79. The third-order valence-corrected chi connectivity index (χ3v) is 6.46. The number of hydrogen-bond acceptors (Lipinski definition) is 5. The van der Waals surface area contributed by atoms with E-state index in [1.54, 1.807) is 0 Å². The Hall–Kier alpha value is -1.29. The van der Waals surface area contributed by atoms with E-state index in [0.29, 0.717) is 18.4 Å². The van der Waals surface area contributed by atoms with Gasteiger partial charge in [0.25, 0.3) is 0 Å². The molecule has 0 radical (unpaired) electrons. The van der Waals surface area contributed by atoms with Crippen LogP contribution in [0.4, 0.5) is 13.2 Å². The van der Waals surface area contributed by atoms with Crippen molar-refractivity contribution in [3.05, 3.63) is 23.3 Å². The Morgan fingerprint density at radius 2 is 1.61 bits per heavy atom. The van der Waals surface area contributed by atoms with Crippen LogP contribution in [0, 0.1) is 0 Å². The van der Waals surface area contributed by atoms with E-state index in [1.165, 1.54) is 0 Å². The minimum atomic E-state index is -5.79. The molecule has 5 nitrogen and oxygen atoms in total. The van der Waals surface area contributed by atoms with E-state index in [9.17, 15) is 30.0 Å². The number of alkyl halides is 3. The van der Waals surface area contributed by atoms with Crippen LogP contribution in [0.2, 0.25) is 0 Å². The average Bonchev–Trinajstić information content (AvgIpc) is 2.97. The van der Waals surface area contributed by atoms with E-state index < -0.39 is 31.2 Å². The van der Waals surface area contributed by atoms with E-state index >= 15 is 0 Å². The molecule has 0 aromatic heterocycles. The zero-order valence-electron chi connectivity index (χ0n) is 11.9. The fourth-order valence-corrected chi connectivity index (χ4v) is 4.97. The molecule has 0 aliphatic heterocycles. The third-order valence-electron chi connectivity index (χ3n) is 4.34. The molecule has 2 atom stereocenters. The van der Waals surface area contributed by atoms with E-state index in [4.69, 9.17) is 0 Å². The predicted molar refractivity (Wildman–Crippen MR) is 74.5 cm³/mol. The van der Waals surface area contributed by atoms with E-state index in [-0.39, 0.29) is 22.3 Å². The summed E-state index contributed by atoms with van der Waals surface area (Å²) in [4.78, 5) is 0.0384. The summed E-state index contributed by atoms with van der Waals surface area (Å²) in [7, 11) is -9.35. The number of fused-ring (bicyclic) bond motifs is 5. The lowest BCUT2D eigenvalue weighted by molar-refractivity contribution is -0.0500. The van der Waals surface area contributed by atoms with Crippen molar-refractivity contribution >= 4 is 20.0 Å². The van der Waals surface area contributed by atoms with Gasteiger partial charge in [0.05, 0.1) is 4.90 Å². The monoisotopic (exact) mass is 370 g/mol. The molecule has 0 heterocycles. The van der Waals surface area contributed by atoms with Gasteiger partial charge in [-0.25, -0.2) is 8.42 Å². The van der Waals surface area contributed by atoms with Crippen molar-refractivity contribution in [2.24, 2.45) is 0 Å². The molecule has 2 unspecified atom stereocenters. The Bertz CT molecular complexity index is 872. The number of hydrogen-bond donors (Lipinski definition) is 0. The molecule has 10 heteroatoms. The van der Waals surface area contributed by atoms with Gasteiger partial charge in [0.15, 0.2) is 9.84 Å². The molecule has 2 aliphatic carbocycles. The highest BCUT2D eigenvalue weighted by Crippen LogP contribution is 2.57. The molecule has 23 heavy (non-hydrogen) atoms. The first kappa shape index (κ1) is 16.6. The van der Waals surface area contributed by atoms with Crippen molar-refractivity contribution in [1.29, 1.82) is 0 Å². The lowest BCUT2D eigenvalue weighted by atomic mass is 9.91. The predicted octanol–water partition coefficient (Wildman–Crippen LogP) is 2.68. The van der Waals surface area contributed by atoms with E-state index in [1.807, 2.05) is 0 Å². The molecule has 2 aliphatic rings. The summed E-state index contributed by atoms with van der Waals surface area (Å²) >= 11 is 0. The quantitative estimate of drug-likeness (QED) is 0.604. The molecule has 3 rings (SSSR count). The van der Waals surface area contributed by atoms with E-state index in [0.717, 1.165) is 24.8 Å². The van der Waals surface area contributed by atoms with Gasteiger partial charge in [-0.2, -0.15) is 21.6 Å². The van der Waals surface area contributed by atoms with Crippen LogP contribution in [0.3, 0.4) is 0 Å². The normalized spacial score (nSPS) is 23.8. The van der Waals surface area contributed by atoms with Crippen LogP contribution in [0.15, 0.2) is 17.0 Å². The van der Waals surface area contributed by atoms with Gasteiger partial charge in [-0.1, -0.05) is 0 Å². The minimum Gasteiger partial charge on any atom is -0.376 e. The Morgan fingerprint density at radius 3 is 2.13 bits per heavy atom. The van der Waals surface area contributed by atoms with Gasteiger partial charge in [0.1, 0.15) is 5.75 Å². The molecule has 0 N–H and O–H groups in total. The zero-order chi connectivity index (χ0) is 17.2. The molecule has 2 bridgehead atoms. The Kier molecular flexibility index (Phi) is 3.50. The summed E-state index contributed by atoms with van der Waals surface area (Å²) in [5, 5.41) is 0. The molecule has 1 aromatic rings. The fraction of sp³-hybridized carbons (Fsp3) is 0.538. The molecule has 1 aromatic carbocycles. The van der Waals surface area contributed by atoms with Crippen LogP contribution in [0.5, 0.6) is 5.75 Å². The number of sulfone groups is 1. The smallest absolute Gasteiger partial charge is 0.376 e. The fourth-order valence-electron chi connectivity index (χ4n) is 3.51. The SMILES string of the molecule is CS(=O)(=O)c1ccc(OS(=O)(=O)C(F)(F)F)c2c1C1CCC2C1. The van der Waals surface area contributed by atoms with Gasteiger partial charge < -0.3 is 4.18 Å². The van der Waals surface area contributed by atoms with Crippen LogP contribution >= 0.6 is 0 Å².